The number of benzene rings is 1. The molecule has 1 aromatic rings. The minimum absolute atomic E-state index is 0.207. The Morgan fingerprint density at radius 1 is 1.54 bits per heavy atom. The highest BCUT2D eigenvalue weighted by Gasteiger charge is 2.02. The zero-order valence-electron chi connectivity index (χ0n) is 7.03. The number of nitrogens with two attached hydrogens (primary N) is 1. The van der Waals surface area contributed by atoms with Crippen molar-refractivity contribution in [1.82, 2.24) is 0 Å². The first-order valence-electron chi connectivity index (χ1n) is 3.83. The SMILES string of the molecule is C#CC(N)CSc1ccccc1Cl. The molecule has 0 fully saturated rings. The van der Waals surface area contributed by atoms with Crippen LogP contribution in [0.25, 0.3) is 0 Å². The summed E-state index contributed by atoms with van der Waals surface area (Å²) in [6, 6.07) is 7.44. The summed E-state index contributed by atoms with van der Waals surface area (Å²) in [6.45, 7) is 0. The Hall–Kier alpha value is -0.620. The van der Waals surface area contributed by atoms with Gasteiger partial charge in [0.25, 0.3) is 0 Å². The molecule has 0 radical (unpaired) electrons. The van der Waals surface area contributed by atoms with Crippen LogP contribution >= 0.6 is 23.4 Å². The highest BCUT2D eigenvalue weighted by molar-refractivity contribution is 7.99. The highest BCUT2D eigenvalue weighted by atomic mass is 35.5. The Labute approximate surface area is 87.7 Å². The number of hydrogen-bond acceptors (Lipinski definition) is 2. The van der Waals surface area contributed by atoms with Crippen molar-refractivity contribution in [3.05, 3.63) is 29.3 Å². The molecule has 13 heavy (non-hydrogen) atoms. The summed E-state index contributed by atoms with van der Waals surface area (Å²) in [5, 5.41) is 0.747. The third kappa shape index (κ3) is 3.31. The highest BCUT2D eigenvalue weighted by Crippen LogP contribution is 2.26. The maximum Gasteiger partial charge on any atom is 0.0757 e. The summed E-state index contributed by atoms with van der Waals surface area (Å²) in [5.41, 5.74) is 5.57. The molecule has 0 saturated carbocycles. The monoisotopic (exact) mass is 211 g/mol. The minimum atomic E-state index is -0.207. The van der Waals surface area contributed by atoms with Crippen molar-refractivity contribution < 1.29 is 0 Å². The fourth-order valence-corrected chi connectivity index (χ4v) is 1.92. The molecule has 1 rings (SSSR count). The number of thioether (sulfide) groups is 1. The predicted octanol–water partition coefficient (Wildman–Crippen LogP) is 2.39. The molecule has 1 aromatic carbocycles. The second-order valence-corrected chi connectivity index (χ2v) is 3.98. The predicted molar refractivity (Wildman–Crippen MR) is 59.0 cm³/mol. The van der Waals surface area contributed by atoms with E-state index in [-0.39, 0.29) is 6.04 Å². The molecule has 2 N–H and O–H groups in total. The first-order chi connectivity index (χ1) is 6.24. The fourth-order valence-electron chi connectivity index (χ4n) is 0.789. The van der Waals surface area contributed by atoms with Gasteiger partial charge in [0.2, 0.25) is 0 Å². The Balaban J connectivity index is 2.56. The molecule has 3 heteroatoms. The summed E-state index contributed by atoms with van der Waals surface area (Å²) in [7, 11) is 0. The largest absolute Gasteiger partial charge is 0.317 e. The summed E-state index contributed by atoms with van der Waals surface area (Å²) in [4.78, 5) is 1.02. The van der Waals surface area contributed by atoms with Crippen LogP contribution in [0.4, 0.5) is 0 Å². The van der Waals surface area contributed by atoms with Crippen LogP contribution in [-0.2, 0) is 0 Å². The van der Waals surface area contributed by atoms with Gasteiger partial charge in [-0.2, -0.15) is 0 Å². The first-order valence-corrected chi connectivity index (χ1v) is 5.19. The molecule has 0 aliphatic carbocycles. The third-order valence-corrected chi connectivity index (χ3v) is 3.10. The lowest BCUT2D eigenvalue weighted by Gasteiger charge is -2.05. The molecule has 0 saturated heterocycles. The maximum absolute atomic E-state index is 5.94. The van der Waals surface area contributed by atoms with Gasteiger partial charge in [-0.1, -0.05) is 29.7 Å². The number of hydrogen-bond donors (Lipinski definition) is 1. The smallest absolute Gasteiger partial charge is 0.0757 e. The van der Waals surface area contributed by atoms with Crippen molar-refractivity contribution >= 4 is 23.4 Å². The molecular formula is C10H10ClNS. The second-order valence-electron chi connectivity index (χ2n) is 2.51. The lowest BCUT2D eigenvalue weighted by molar-refractivity contribution is 0.975. The van der Waals surface area contributed by atoms with Gasteiger partial charge in [0.15, 0.2) is 0 Å². The Morgan fingerprint density at radius 3 is 2.85 bits per heavy atom. The lowest BCUT2D eigenvalue weighted by Crippen LogP contribution is -2.19. The van der Waals surface area contributed by atoms with E-state index < -0.39 is 0 Å². The van der Waals surface area contributed by atoms with Crippen LogP contribution < -0.4 is 5.73 Å². The molecule has 1 unspecified atom stereocenters. The van der Waals surface area contributed by atoms with Crippen molar-refractivity contribution in [2.24, 2.45) is 5.73 Å². The average Bonchev–Trinajstić information content (AvgIpc) is 2.16. The number of terminal acetylenes is 1. The van der Waals surface area contributed by atoms with Crippen LogP contribution in [0.15, 0.2) is 29.2 Å². The molecule has 0 spiro atoms. The van der Waals surface area contributed by atoms with Crippen molar-refractivity contribution in [3.63, 3.8) is 0 Å². The van der Waals surface area contributed by atoms with Gasteiger partial charge >= 0.3 is 0 Å². The molecule has 0 heterocycles. The summed E-state index contributed by atoms with van der Waals surface area (Å²) in [6.07, 6.45) is 5.15. The van der Waals surface area contributed by atoms with Gasteiger partial charge in [-0.25, -0.2) is 0 Å². The standard InChI is InChI=1S/C10H10ClNS/c1-2-8(12)7-13-10-6-4-3-5-9(10)11/h1,3-6,8H,7,12H2. The second kappa shape index (κ2) is 5.18. The van der Waals surface area contributed by atoms with Crippen molar-refractivity contribution in [2.75, 3.05) is 5.75 Å². The Kier molecular flexibility index (Phi) is 4.17. The molecule has 1 nitrogen and oxygen atoms in total. The Morgan fingerprint density at radius 2 is 2.23 bits per heavy atom. The maximum atomic E-state index is 5.94. The van der Waals surface area contributed by atoms with Crippen molar-refractivity contribution in [2.45, 2.75) is 10.9 Å². The first kappa shape index (κ1) is 10.5. The van der Waals surface area contributed by atoms with E-state index in [2.05, 4.69) is 5.92 Å². The zero-order chi connectivity index (χ0) is 9.68. The zero-order valence-corrected chi connectivity index (χ0v) is 8.61. The van der Waals surface area contributed by atoms with Crippen LogP contribution in [0.2, 0.25) is 5.02 Å². The van der Waals surface area contributed by atoms with E-state index in [9.17, 15) is 0 Å². The van der Waals surface area contributed by atoms with E-state index in [1.165, 1.54) is 0 Å². The lowest BCUT2D eigenvalue weighted by atomic mass is 10.4. The molecule has 0 aliphatic rings. The van der Waals surface area contributed by atoms with E-state index >= 15 is 0 Å². The topological polar surface area (TPSA) is 26.0 Å². The quantitative estimate of drug-likeness (QED) is 0.614. The fraction of sp³-hybridized carbons (Fsp3) is 0.200. The molecule has 0 aliphatic heterocycles. The minimum Gasteiger partial charge on any atom is -0.317 e. The van der Waals surface area contributed by atoms with Gasteiger partial charge in [0, 0.05) is 10.6 Å². The van der Waals surface area contributed by atoms with Gasteiger partial charge in [0.05, 0.1) is 11.1 Å². The molecule has 0 amide bonds. The van der Waals surface area contributed by atoms with Crippen LogP contribution in [0.5, 0.6) is 0 Å². The van der Waals surface area contributed by atoms with E-state index in [0.29, 0.717) is 5.75 Å². The average molecular weight is 212 g/mol. The number of rotatable bonds is 3. The van der Waals surface area contributed by atoms with Gasteiger partial charge in [0.1, 0.15) is 0 Å². The molecule has 0 aromatic heterocycles. The summed E-state index contributed by atoms with van der Waals surface area (Å²) >= 11 is 7.52. The van der Waals surface area contributed by atoms with Crippen LogP contribution in [0.1, 0.15) is 0 Å². The number of halogens is 1. The van der Waals surface area contributed by atoms with Crippen LogP contribution in [-0.4, -0.2) is 11.8 Å². The van der Waals surface area contributed by atoms with Crippen LogP contribution in [0, 0.1) is 12.3 Å². The van der Waals surface area contributed by atoms with E-state index in [1.807, 2.05) is 24.3 Å². The molecule has 68 valence electrons. The molecule has 1 atom stereocenters. The van der Waals surface area contributed by atoms with Crippen LogP contribution in [0.3, 0.4) is 0 Å². The van der Waals surface area contributed by atoms with E-state index in [0.717, 1.165) is 9.92 Å². The van der Waals surface area contributed by atoms with E-state index in [1.54, 1.807) is 11.8 Å². The molecule has 0 bridgehead atoms. The van der Waals surface area contributed by atoms with Gasteiger partial charge in [-0.05, 0) is 12.1 Å². The van der Waals surface area contributed by atoms with Gasteiger partial charge < -0.3 is 5.73 Å². The van der Waals surface area contributed by atoms with Gasteiger partial charge in [-0.15, -0.1) is 18.2 Å². The normalized spacial score (nSPS) is 12.1. The summed E-state index contributed by atoms with van der Waals surface area (Å²) < 4.78 is 0. The summed E-state index contributed by atoms with van der Waals surface area (Å²) in [5.74, 6) is 3.16. The van der Waals surface area contributed by atoms with Gasteiger partial charge in [-0.3, -0.25) is 0 Å². The van der Waals surface area contributed by atoms with E-state index in [4.69, 9.17) is 23.8 Å². The Bertz CT molecular complexity index is 319. The van der Waals surface area contributed by atoms with Crippen molar-refractivity contribution in [1.29, 1.82) is 0 Å². The van der Waals surface area contributed by atoms with Crippen molar-refractivity contribution in [3.8, 4) is 12.3 Å². The third-order valence-electron chi connectivity index (χ3n) is 1.47. The molecular weight excluding hydrogens is 202 g/mol.